The number of hydrogen-bond donors (Lipinski definition) is 1. The van der Waals surface area contributed by atoms with Gasteiger partial charge in [-0.05, 0) is 30.7 Å². The van der Waals surface area contributed by atoms with Crippen molar-refractivity contribution in [3.63, 3.8) is 0 Å². The van der Waals surface area contributed by atoms with E-state index in [1.54, 1.807) is 17.1 Å². The summed E-state index contributed by atoms with van der Waals surface area (Å²) >= 11 is 0. The summed E-state index contributed by atoms with van der Waals surface area (Å²) in [6, 6.07) is 13.7. The molecule has 0 saturated carbocycles. The number of benzene rings is 1. The second-order valence-corrected chi connectivity index (χ2v) is 4.57. The Morgan fingerprint density at radius 2 is 2.00 bits per heavy atom. The van der Waals surface area contributed by atoms with Crippen LogP contribution in [0.5, 0.6) is 11.9 Å². The zero-order valence-corrected chi connectivity index (χ0v) is 11.6. The number of pyridine rings is 1. The fraction of sp³-hybridized carbons (Fsp3) is 0.133. The van der Waals surface area contributed by atoms with Crippen molar-refractivity contribution in [1.29, 1.82) is 0 Å². The lowest BCUT2D eigenvalue weighted by Gasteiger charge is -2.04. The van der Waals surface area contributed by atoms with E-state index in [1.807, 2.05) is 43.3 Å². The summed E-state index contributed by atoms with van der Waals surface area (Å²) in [7, 11) is 0. The van der Waals surface area contributed by atoms with E-state index in [9.17, 15) is 0 Å². The van der Waals surface area contributed by atoms with Crippen LogP contribution in [0.1, 0.15) is 11.3 Å². The predicted octanol–water partition coefficient (Wildman–Crippen LogP) is 2.22. The van der Waals surface area contributed by atoms with Crippen LogP contribution in [0.15, 0.2) is 48.8 Å². The Morgan fingerprint density at radius 3 is 2.76 bits per heavy atom. The Bertz CT molecular complexity index is 739. The molecular weight excluding hydrogens is 266 g/mol. The Balaban J connectivity index is 1.83. The lowest BCUT2D eigenvalue weighted by atomic mass is 10.2. The molecule has 1 aromatic carbocycles. The van der Waals surface area contributed by atoms with Gasteiger partial charge in [-0.15, -0.1) is 5.10 Å². The maximum atomic E-state index is 5.64. The van der Waals surface area contributed by atoms with Gasteiger partial charge in [-0.25, -0.2) is 9.67 Å². The van der Waals surface area contributed by atoms with Crippen molar-refractivity contribution in [2.45, 2.75) is 13.5 Å². The molecule has 0 bridgehead atoms. The van der Waals surface area contributed by atoms with Crippen LogP contribution in [0.4, 0.5) is 0 Å². The maximum absolute atomic E-state index is 5.64. The van der Waals surface area contributed by atoms with Crippen molar-refractivity contribution >= 4 is 0 Å². The van der Waals surface area contributed by atoms with Gasteiger partial charge >= 0.3 is 6.01 Å². The molecule has 6 heteroatoms. The van der Waals surface area contributed by atoms with Gasteiger partial charge in [-0.3, -0.25) is 0 Å². The second kappa shape index (κ2) is 5.72. The molecule has 3 rings (SSSR count). The van der Waals surface area contributed by atoms with E-state index in [0.717, 1.165) is 16.9 Å². The number of aryl methyl sites for hydroxylation is 1. The molecule has 3 aromatic rings. The van der Waals surface area contributed by atoms with Gasteiger partial charge in [0.25, 0.3) is 0 Å². The first-order valence-corrected chi connectivity index (χ1v) is 6.57. The number of nitrogens with two attached hydrogens (primary N) is 1. The monoisotopic (exact) mass is 281 g/mol. The lowest BCUT2D eigenvalue weighted by Crippen LogP contribution is -2.00. The highest BCUT2D eigenvalue weighted by Crippen LogP contribution is 2.18. The summed E-state index contributed by atoms with van der Waals surface area (Å²) in [5.74, 6) is 0.446. The first kappa shape index (κ1) is 13.3. The first-order valence-electron chi connectivity index (χ1n) is 6.57. The van der Waals surface area contributed by atoms with Crippen LogP contribution in [-0.4, -0.2) is 19.7 Å². The molecular formula is C15H15N5O. The van der Waals surface area contributed by atoms with E-state index in [4.69, 9.17) is 10.5 Å². The topological polar surface area (TPSA) is 78.9 Å². The highest BCUT2D eigenvalue weighted by molar-refractivity contribution is 5.30. The minimum atomic E-state index is 0.250. The molecule has 0 atom stereocenters. The zero-order valence-electron chi connectivity index (χ0n) is 11.6. The number of rotatable bonds is 4. The van der Waals surface area contributed by atoms with E-state index in [2.05, 4.69) is 15.1 Å². The van der Waals surface area contributed by atoms with Gasteiger partial charge in [0.1, 0.15) is 6.33 Å². The van der Waals surface area contributed by atoms with Crippen molar-refractivity contribution < 1.29 is 4.74 Å². The van der Waals surface area contributed by atoms with Crippen molar-refractivity contribution in [3.8, 4) is 17.6 Å². The fourth-order valence-corrected chi connectivity index (χ4v) is 1.97. The SMILES string of the molecule is Cc1cc(CN)cc(Oc2ncn(-c3ccccc3)n2)n1. The summed E-state index contributed by atoms with van der Waals surface area (Å²) in [5, 5.41) is 4.27. The zero-order chi connectivity index (χ0) is 14.7. The average Bonchev–Trinajstić information content (AvgIpc) is 2.96. The van der Waals surface area contributed by atoms with E-state index >= 15 is 0 Å². The maximum Gasteiger partial charge on any atom is 0.342 e. The van der Waals surface area contributed by atoms with Crippen molar-refractivity contribution in [1.82, 2.24) is 19.7 Å². The van der Waals surface area contributed by atoms with Crippen molar-refractivity contribution in [3.05, 3.63) is 60.0 Å². The summed E-state index contributed by atoms with van der Waals surface area (Å²) < 4.78 is 7.24. The molecule has 0 radical (unpaired) electrons. The Labute approximate surface area is 122 Å². The minimum Gasteiger partial charge on any atom is -0.404 e. The first-order chi connectivity index (χ1) is 10.2. The molecule has 2 N–H and O–H groups in total. The third-order valence-electron chi connectivity index (χ3n) is 2.91. The van der Waals surface area contributed by atoms with Crippen LogP contribution in [0.2, 0.25) is 0 Å². The molecule has 6 nitrogen and oxygen atoms in total. The molecule has 0 aliphatic carbocycles. The highest BCUT2D eigenvalue weighted by atomic mass is 16.5. The van der Waals surface area contributed by atoms with Crippen LogP contribution in [0.3, 0.4) is 0 Å². The molecule has 0 saturated heterocycles. The Kier molecular flexibility index (Phi) is 3.61. The number of para-hydroxylation sites is 1. The van der Waals surface area contributed by atoms with Crippen LogP contribution in [0.25, 0.3) is 5.69 Å². The molecule has 0 spiro atoms. The summed E-state index contributed by atoms with van der Waals surface area (Å²) in [5.41, 5.74) is 8.36. The Morgan fingerprint density at radius 1 is 1.19 bits per heavy atom. The third-order valence-corrected chi connectivity index (χ3v) is 2.91. The quantitative estimate of drug-likeness (QED) is 0.793. The standard InChI is InChI=1S/C15H15N5O/c1-11-7-12(9-16)8-14(18-11)21-15-17-10-20(19-15)13-5-3-2-4-6-13/h2-8,10H,9,16H2,1H3. The number of aromatic nitrogens is 4. The van der Waals surface area contributed by atoms with Crippen molar-refractivity contribution in [2.75, 3.05) is 0 Å². The van der Waals surface area contributed by atoms with Gasteiger partial charge in [0.2, 0.25) is 5.88 Å². The molecule has 0 unspecified atom stereocenters. The normalized spacial score (nSPS) is 10.6. The molecule has 2 heterocycles. The summed E-state index contributed by atoms with van der Waals surface area (Å²) in [6.07, 6.45) is 1.60. The van der Waals surface area contributed by atoms with Crippen LogP contribution < -0.4 is 10.5 Å². The van der Waals surface area contributed by atoms with Gasteiger partial charge in [0.05, 0.1) is 5.69 Å². The number of nitrogens with zero attached hydrogens (tertiary/aromatic N) is 4. The summed E-state index contributed by atoms with van der Waals surface area (Å²) in [4.78, 5) is 8.42. The smallest absolute Gasteiger partial charge is 0.342 e. The molecule has 2 aromatic heterocycles. The van der Waals surface area contributed by atoms with Crippen LogP contribution in [0, 0.1) is 6.92 Å². The highest BCUT2D eigenvalue weighted by Gasteiger charge is 2.07. The van der Waals surface area contributed by atoms with Crippen LogP contribution >= 0.6 is 0 Å². The average molecular weight is 281 g/mol. The Hall–Kier alpha value is -2.73. The lowest BCUT2D eigenvalue weighted by molar-refractivity contribution is 0.423. The van der Waals surface area contributed by atoms with Crippen molar-refractivity contribution in [2.24, 2.45) is 5.73 Å². The van der Waals surface area contributed by atoms with E-state index < -0.39 is 0 Å². The molecule has 0 amide bonds. The molecule has 21 heavy (non-hydrogen) atoms. The largest absolute Gasteiger partial charge is 0.404 e. The molecule has 106 valence electrons. The van der Waals surface area contributed by atoms with Gasteiger partial charge in [-0.1, -0.05) is 18.2 Å². The predicted molar refractivity (Wildman–Crippen MR) is 78.3 cm³/mol. The van der Waals surface area contributed by atoms with E-state index in [-0.39, 0.29) is 6.01 Å². The summed E-state index contributed by atoms with van der Waals surface area (Å²) in [6.45, 7) is 2.33. The number of hydrogen-bond acceptors (Lipinski definition) is 5. The van der Waals surface area contributed by atoms with Gasteiger partial charge < -0.3 is 10.5 Å². The van der Waals surface area contributed by atoms with Crippen LogP contribution in [-0.2, 0) is 6.54 Å². The molecule has 0 aliphatic rings. The van der Waals surface area contributed by atoms with E-state index in [0.29, 0.717) is 12.4 Å². The van der Waals surface area contributed by atoms with Gasteiger partial charge in [0, 0.05) is 18.3 Å². The third kappa shape index (κ3) is 3.06. The van der Waals surface area contributed by atoms with Gasteiger partial charge in [0.15, 0.2) is 0 Å². The second-order valence-electron chi connectivity index (χ2n) is 4.57. The fourth-order valence-electron chi connectivity index (χ4n) is 1.97. The molecule has 0 aliphatic heterocycles. The minimum absolute atomic E-state index is 0.250. The van der Waals surface area contributed by atoms with Gasteiger partial charge in [-0.2, -0.15) is 4.98 Å². The molecule has 0 fully saturated rings. The van der Waals surface area contributed by atoms with E-state index in [1.165, 1.54) is 0 Å². The number of ether oxygens (including phenoxy) is 1.